The Bertz CT molecular complexity index is 727. The Labute approximate surface area is 142 Å². The normalized spacial score (nSPS) is 16.9. The van der Waals surface area contributed by atoms with E-state index >= 15 is 0 Å². The van der Waals surface area contributed by atoms with Crippen molar-refractivity contribution in [3.8, 4) is 0 Å². The minimum atomic E-state index is -0.354. The lowest BCUT2D eigenvalue weighted by molar-refractivity contribution is -0.134. The third kappa shape index (κ3) is 3.65. The van der Waals surface area contributed by atoms with Gasteiger partial charge in [-0.15, -0.1) is 0 Å². The van der Waals surface area contributed by atoms with Gasteiger partial charge in [-0.2, -0.15) is 0 Å². The molecule has 2 aromatic rings. The molecule has 1 N–H and O–H groups in total. The number of carbonyl (C=O) groups is 2. The van der Waals surface area contributed by atoms with E-state index in [1.807, 2.05) is 42.5 Å². The molecule has 0 bridgehead atoms. The molecule has 0 saturated carbocycles. The summed E-state index contributed by atoms with van der Waals surface area (Å²) in [5, 5.41) is 3.02. The van der Waals surface area contributed by atoms with Gasteiger partial charge in [0.05, 0.1) is 0 Å². The van der Waals surface area contributed by atoms with Gasteiger partial charge in [0.2, 0.25) is 11.8 Å². The average molecular weight is 322 g/mol. The molecule has 1 unspecified atom stereocenters. The van der Waals surface area contributed by atoms with Crippen molar-refractivity contribution in [2.75, 3.05) is 11.9 Å². The first-order valence-corrected chi connectivity index (χ1v) is 8.35. The molecule has 1 aliphatic rings. The third-order valence-corrected chi connectivity index (χ3v) is 4.47. The van der Waals surface area contributed by atoms with Crippen LogP contribution in [0, 0.1) is 0 Å². The molecule has 4 nitrogen and oxygen atoms in total. The summed E-state index contributed by atoms with van der Waals surface area (Å²) < 4.78 is 0. The highest BCUT2D eigenvalue weighted by Crippen LogP contribution is 2.22. The summed E-state index contributed by atoms with van der Waals surface area (Å²) in [5.74, 6) is -0.131. The van der Waals surface area contributed by atoms with Crippen LogP contribution in [0.25, 0.3) is 0 Å². The van der Waals surface area contributed by atoms with Crippen LogP contribution in [0.15, 0.2) is 54.6 Å². The van der Waals surface area contributed by atoms with Crippen molar-refractivity contribution in [2.45, 2.75) is 32.2 Å². The molecule has 1 aliphatic heterocycles. The van der Waals surface area contributed by atoms with Crippen LogP contribution in [-0.2, 0) is 16.0 Å². The fraction of sp³-hybridized carbons (Fsp3) is 0.300. The Hall–Kier alpha value is -2.62. The number of amides is 2. The van der Waals surface area contributed by atoms with Gasteiger partial charge in [-0.25, -0.2) is 0 Å². The SMILES string of the molecule is CC(=O)N1CCCC1C(=O)Nc1ccccc1Cc1ccccc1. The topological polar surface area (TPSA) is 49.4 Å². The zero-order valence-electron chi connectivity index (χ0n) is 13.9. The van der Waals surface area contributed by atoms with Crippen LogP contribution < -0.4 is 5.32 Å². The van der Waals surface area contributed by atoms with E-state index in [1.54, 1.807) is 4.90 Å². The fourth-order valence-corrected chi connectivity index (χ4v) is 3.24. The number of para-hydroxylation sites is 1. The highest BCUT2D eigenvalue weighted by atomic mass is 16.2. The number of nitrogens with one attached hydrogen (secondary N) is 1. The van der Waals surface area contributed by atoms with Crippen molar-refractivity contribution >= 4 is 17.5 Å². The van der Waals surface area contributed by atoms with Gasteiger partial charge >= 0.3 is 0 Å². The maximum absolute atomic E-state index is 12.6. The Morgan fingerprint density at radius 2 is 1.79 bits per heavy atom. The van der Waals surface area contributed by atoms with Crippen LogP contribution in [0.2, 0.25) is 0 Å². The van der Waals surface area contributed by atoms with E-state index in [2.05, 4.69) is 17.4 Å². The number of likely N-dealkylation sites (tertiary alicyclic amines) is 1. The van der Waals surface area contributed by atoms with Crippen LogP contribution in [0.5, 0.6) is 0 Å². The number of nitrogens with zero attached hydrogens (tertiary/aromatic N) is 1. The third-order valence-electron chi connectivity index (χ3n) is 4.47. The van der Waals surface area contributed by atoms with E-state index in [-0.39, 0.29) is 17.9 Å². The molecule has 1 fully saturated rings. The standard InChI is InChI=1S/C20H22N2O2/c1-15(23)22-13-7-12-19(22)20(24)21-18-11-6-5-10-17(18)14-16-8-3-2-4-9-16/h2-6,8-11,19H,7,12-14H2,1H3,(H,21,24). The van der Waals surface area contributed by atoms with Crippen molar-refractivity contribution in [1.82, 2.24) is 4.90 Å². The predicted octanol–water partition coefficient (Wildman–Crippen LogP) is 3.23. The number of carbonyl (C=O) groups excluding carboxylic acids is 2. The van der Waals surface area contributed by atoms with Gasteiger partial charge < -0.3 is 10.2 Å². The summed E-state index contributed by atoms with van der Waals surface area (Å²) in [7, 11) is 0. The molecule has 0 aliphatic carbocycles. The molecule has 24 heavy (non-hydrogen) atoms. The van der Waals surface area contributed by atoms with E-state index in [4.69, 9.17) is 0 Å². The highest BCUT2D eigenvalue weighted by Gasteiger charge is 2.32. The first-order valence-electron chi connectivity index (χ1n) is 8.35. The second-order valence-corrected chi connectivity index (χ2v) is 6.18. The molecule has 1 saturated heterocycles. The lowest BCUT2D eigenvalue weighted by atomic mass is 10.0. The highest BCUT2D eigenvalue weighted by molar-refractivity contribution is 5.97. The monoisotopic (exact) mass is 322 g/mol. The summed E-state index contributed by atoms with van der Waals surface area (Å²) in [4.78, 5) is 26.0. The van der Waals surface area contributed by atoms with Gasteiger partial charge in [0.25, 0.3) is 0 Å². The number of benzene rings is 2. The lowest BCUT2D eigenvalue weighted by Gasteiger charge is -2.23. The van der Waals surface area contributed by atoms with Gasteiger partial charge in [-0.3, -0.25) is 9.59 Å². The molecule has 0 spiro atoms. The first-order chi connectivity index (χ1) is 11.6. The number of anilines is 1. The molecule has 0 aromatic heterocycles. The maximum Gasteiger partial charge on any atom is 0.247 e. The quantitative estimate of drug-likeness (QED) is 0.939. The molecule has 3 rings (SSSR count). The van der Waals surface area contributed by atoms with E-state index in [9.17, 15) is 9.59 Å². The molecule has 124 valence electrons. The summed E-state index contributed by atoms with van der Waals surface area (Å²) in [6, 6.07) is 17.7. The summed E-state index contributed by atoms with van der Waals surface area (Å²) >= 11 is 0. The molecular formula is C20H22N2O2. The maximum atomic E-state index is 12.6. The fourth-order valence-electron chi connectivity index (χ4n) is 3.24. The number of rotatable bonds is 4. The Balaban J connectivity index is 1.75. The molecule has 2 amide bonds. The van der Waals surface area contributed by atoms with Crippen molar-refractivity contribution in [2.24, 2.45) is 0 Å². The van der Waals surface area contributed by atoms with Crippen molar-refractivity contribution in [1.29, 1.82) is 0 Å². The minimum Gasteiger partial charge on any atom is -0.331 e. The largest absolute Gasteiger partial charge is 0.331 e. The summed E-state index contributed by atoms with van der Waals surface area (Å²) in [6.07, 6.45) is 2.37. The Morgan fingerprint density at radius 1 is 1.08 bits per heavy atom. The first kappa shape index (κ1) is 16.2. The Morgan fingerprint density at radius 3 is 2.54 bits per heavy atom. The molecule has 1 heterocycles. The van der Waals surface area contributed by atoms with Crippen molar-refractivity contribution in [3.63, 3.8) is 0 Å². The number of hydrogen-bond donors (Lipinski definition) is 1. The molecule has 0 radical (unpaired) electrons. The van der Waals surface area contributed by atoms with Crippen molar-refractivity contribution in [3.05, 3.63) is 65.7 Å². The second kappa shape index (κ2) is 7.30. The predicted molar refractivity (Wildman–Crippen MR) is 94.7 cm³/mol. The molecule has 2 aromatic carbocycles. The minimum absolute atomic E-state index is 0.0368. The average Bonchev–Trinajstić information content (AvgIpc) is 3.08. The molecule has 1 atom stereocenters. The Kier molecular flexibility index (Phi) is 4.94. The summed E-state index contributed by atoms with van der Waals surface area (Å²) in [5.41, 5.74) is 3.09. The van der Waals surface area contributed by atoms with E-state index < -0.39 is 0 Å². The zero-order valence-corrected chi connectivity index (χ0v) is 13.9. The van der Waals surface area contributed by atoms with Crippen LogP contribution >= 0.6 is 0 Å². The van der Waals surface area contributed by atoms with Crippen LogP contribution in [0.4, 0.5) is 5.69 Å². The van der Waals surface area contributed by atoms with Gasteiger partial charge in [-0.1, -0.05) is 48.5 Å². The van der Waals surface area contributed by atoms with Gasteiger partial charge in [0.1, 0.15) is 6.04 Å². The van der Waals surface area contributed by atoms with Crippen LogP contribution in [0.1, 0.15) is 30.9 Å². The second-order valence-electron chi connectivity index (χ2n) is 6.18. The van der Waals surface area contributed by atoms with E-state index in [0.29, 0.717) is 6.54 Å². The molecular weight excluding hydrogens is 300 g/mol. The zero-order chi connectivity index (χ0) is 16.9. The van der Waals surface area contributed by atoms with Gasteiger partial charge in [-0.05, 0) is 36.5 Å². The van der Waals surface area contributed by atoms with Gasteiger partial charge in [0.15, 0.2) is 0 Å². The smallest absolute Gasteiger partial charge is 0.247 e. The van der Waals surface area contributed by atoms with E-state index in [1.165, 1.54) is 12.5 Å². The molecule has 4 heteroatoms. The summed E-state index contributed by atoms with van der Waals surface area (Å²) in [6.45, 7) is 2.19. The van der Waals surface area contributed by atoms with Crippen LogP contribution in [-0.4, -0.2) is 29.3 Å². The number of hydrogen-bond acceptors (Lipinski definition) is 2. The lowest BCUT2D eigenvalue weighted by Crippen LogP contribution is -2.42. The van der Waals surface area contributed by atoms with Crippen molar-refractivity contribution < 1.29 is 9.59 Å². The van der Waals surface area contributed by atoms with E-state index in [0.717, 1.165) is 30.5 Å². The van der Waals surface area contributed by atoms with Gasteiger partial charge in [0, 0.05) is 19.2 Å². The van der Waals surface area contributed by atoms with Crippen LogP contribution in [0.3, 0.4) is 0 Å².